The van der Waals surface area contributed by atoms with E-state index in [9.17, 15) is 23.9 Å². The van der Waals surface area contributed by atoms with Gasteiger partial charge in [0.15, 0.2) is 0 Å². The van der Waals surface area contributed by atoms with Crippen molar-refractivity contribution in [1.29, 1.82) is 0 Å². The van der Waals surface area contributed by atoms with Crippen molar-refractivity contribution < 1.29 is 23.9 Å². The van der Waals surface area contributed by atoms with Gasteiger partial charge >= 0.3 is 0 Å². The number of fused-ring (bicyclic) bond motifs is 3. The van der Waals surface area contributed by atoms with Gasteiger partial charge in [0.05, 0.1) is 25.1 Å². The number of thiophene rings is 1. The molecule has 30 heavy (non-hydrogen) atoms. The lowest BCUT2D eigenvalue weighted by Gasteiger charge is -2.27. The number of aliphatic hydroxyl groups is 1. The molecule has 1 aromatic carbocycles. The molecule has 2 aromatic rings. The second kappa shape index (κ2) is 8.16. The maximum Gasteiger partial charge on any atom is 0.257 e. The second-order valence-electron chi connectivity index (χ2n) is 7.49. The zero-order valence-corrected chi connectivity index (χ0v) is 17.4. The summed E-state index contributed by atoms with van der Waals surface area (Å²) in [5, 5.41) is 9.94. The Morgan fingerprint density at radius 1 is 1.27 bits per heavy atom. The molecule has 0 saturated heterocycles. The van der Waals surface area contributed by atoms with E-state index in [1.807, 2.05) is 0 Å². The number of benzene rings is 1. The smallest absolute Gasteiger partial charge is 0.257 e. The van der Waals surface area contributed by atoms with Gasteiger partial charge in [-0.05, 0) is 29.7 Å². The van der Waals surface area contributed by atoms with E-state index in [-0.39, 0.29) is 49.7 Å². The van der Waals surface area contributed by atoms with Crippen molar-refractivity contribution >= 4 is 34.1 Å². The van der Waals surface area contributed by atoms with Crippen LogP contribution in [0.25, 0.3) is 0 Å². The zero-order valence-electron chi connectivity index (χ0n) is 16.6. The fourth-order valence-electron chi connectivity index (χ4n) is 3.94. The minimum Gasteiger partial charge on any atom is -0.395 e. The standard InChI is InChI=1S/C21H22FN3O4S/c1-23-12-18(28)25(7-8-26)21-19(20(23)29)15-5-6-24(11-16(15)30-21)17(27)10-13-3-2-4-14(22)9-13/h2-4,9,26H,5-8,10-12H2,1H3. The number of amides is 3. The molecule has 0 atom stereocenters. The van der Waals surface area contributed by atoms with Crippen LogP contribution in [0.3, 0.4) is 0 Å². The van der Waals surface area contributed by atoms with Crippen LogP contribution in [-0.4, -0.2) is 65.9 Å². The van der Waals surface area contributed by atoms with Crippen molar-refractivity contribution in [2.24, 2.45) is 0 Å². The number of hydrogen-bond donors (Lipinski definition) is 1. The van der Waals surface area contributed by atoms with Crippen molar-refractivity contribution in [3.05, 3.63) is 51.7 Å². The SMILES string of the molecule is CN1CC(=O)N(CCO)c2sc3c(c2C1=O)CCN(C(=O)Cc1cccc(F)c1)C3. The topological polar surface area (TPSA) is 81.2 Å². The average molecular weight is 431 g/mol. The van der Waals surface area contributed by atoms with Crippen LogP contribution >= 0.6 is 11.3 Å². The summed E-state index contributed by atoms with van der Waals surface area (Å²) in [5.74, 6) is -0.937. The van der Waals surface area contributed by atoms with E-state index in [4.69, 9.17) is 0 Å². The molecule has 3 heterocycles. The summed E-state index contributed by atoms with van der Waals surface area (Å²) < 4.78 is 13.4. The van der Waals surface area contributed by atoms with E-state index < -0.39 is 0 Å². The van der Waals surface area contributed by atoms with Crippen molar-refractivity contribution in [2.75, 3.05) is 38.2 Å². The van der Waals surface area contributed by atoms with E-state index in [1.165, 1.54) is 33.3 Å². The van der Waals surface area contributed by atoms with E-state index in [2.05, 4.69) is 0 Å². The van der Waals surface area contributed by atoms with Gasteiger partial charge in [-0.1, -0.05) is 12.1 Å². The quantitative estimate of drug-likeness (QED) is 0.794. The number of rotatable bonds is 4. The highest BCUT2D eigenvalue weighted by Gasteiger charge is 2.37. The van der Waals surface area contributed by atoms with Crippen LogP contribution in [0.1, 0.15) is 26.4 Å². The Labute approximate surface area is 177 Å². The van der Waals surface area contributed by atoms with E-state index in [0.29, 0.717) is 35.6 Å². The van der Waals surface area contributed by atoms with E-state index in [1.54, 1.807) is 24.1 Å². The third-order valence-electron chi connectivity index (χ3n) is 5.44. The number of anilines is 1. The van der Waals surface area contributed by atoms with Crippen LogP contribution in [0.15, 0.2) is 24.3 Å². The molecular formula is C21H22FN3O4S. The van der Waals surface area contributed by atoms with Crippen LogP contribution in [0.4, 0.5) is 9.39 Å². The van der Waals surface area contributed by atoms with Crippen molar-refractivity contribution in [1.82, 2.24) is 9.80 Å². The highest BCUT2D eigenvalue weighted by molar-refractivity contribution is 7.17. The lowest BCUT2D eigenvalue weighted by molar-refractivity contribution is -0.131. The molecule has 2 aliphatic rings. The summed E-state index contributed by atoms with van der Waals surface area (Å²) in [6.45, 7) is 0.681. The first-order valence-electron chi connectivity index (χ1n) is 9.72. The van der Waals surface area contributed by atoms with Gasteiger partial charge in [0.2, 0.25) is 11.8 Å². The molecule has 3 amide bonds. The van der Waals surface area contributed by atoms with Gasteiger partial charge in [-0.2, -0.15) is 0 Å². The first kappa shape index (κ1) is 20.5. The molecule has 158 valence electrons. The summed E-state index contributed by atoms with van der Waals surface area (Å²) in [5.41, 5.74) is 2.00. The largest absolute Gasteiger partial charge is 0.395 e. The number of halogens is 1. The molecule has 0 spiro atoms. The lowest BCUT2D eigenvalue weighted by Crippen LogP contribution is -2.39. The fraction of sp³-hybridized carbons (Fsp3) is 0.381. The maximum absolute atomic E-state index is 13.4. The van der Waals surface area contributed by atoms with Crippen molar-refractivity contribution in [3.8, 4) is 0 Å². The molecule has 4 rings (SSSR count). The predicted octanol–water partition coefficient (Wildman–Crippen LogP) is 1.43. The number of hydrogen-bond acceptors (Lipinski definition) is 5. The minimum atomic E-state index is -0.375. The maximum atomic E-state index is 13.4. The van der Waals surface area contributed by atoms with E-state index in [0.717, 1.165) is 10.4 Å². The Kier molecular flexibility index (Phi) is 5.57. The van der Waals surface area contributed by atoms with Gasteiger partial charge in [-0.3, -0.25) is 19.3 Å². The molecule has 1 N–H and O–H groups in total. The van der Waals surface area contributed by atoms with Gasteiger partial charge in [-0.15, -0.1) is 11.3 Å². The predicted molar refractivity (Wildman–Crippen MR) is 110 cm³/mol. The highest BCUT2D eigenvalue weighted by atomic mass is 32.1. The first-order valence-corrected chi connectivity index (χ1v) is 10.5. The summed E-state index contributed by atoms with van der Waals surface area (Å²) in [6, 6.07) is 5.99. The van der Waals surface area contributed by atoms with Crippen molar-refractivity contribution in [3.63, 3.8) is 0 Å². The van der Waals surface area contributed by atoms with Crippen LogP contribution in [0.2, 0.25) is 0 Å². The molecule has 0 saturated carbocycles. The Morgan fingerprint density at radius 3 is 2.80 bits per heavy atom. The number of β-amino-alcohol motifs (C(OH)–C–C–N with tert-alkyl or cyclic N) is 1. The normalized spacial score (nSPS) is 16.4. The molecule has 2 aliphatic heterocycles. The Bertz CT molecular complexity index is 1020. The molecule has 0 radical (unpaired) electrons. The molecule has 0 fully saturated rings. The number of carbonyl (C=O) groups is 3. The highest BCUT2D eigenvalue weighted by Crippen LogP contribution is 2.41. The summed E-state index contributed by atoms with van der Waals surface area (Å²) in [6.07, 6.45) is 0.617. The summed E-state index contributed by atoms with van der Waals surface area (Å²) in [4.78, 5) is 43.7. The monoisotopic (exact) mass is 431 g/mol. The molecule has 0 unspecified atom stereocenters. The molecule has 9 heteroatoms. The van der Waals surface area contributed by atoms with Crippen molar-refractivity contribution in [2.45, 2.75) is 19.4 Å². The van der Waals surface area contributed by atoms with Crippen LogP contribution in [-0.2, 0) is 29.0 Å². The third-order valence-corrected chi connectivity index (χ3v) is 6.68. The first-order chi connectivity index (χ1) is 14.4. The molecule has 0 bridgehead atoms. The van der Waals surface area contributed by atoms with Crippen LogP contribution in [0, 0.1) is 5.82 Å². The van der Waals surface area contributed by atoms with Gasteiger partial charge in [0.1, 0.15) is 17.4 Å². The number of aliphatic hydroxyl groups excluding tert-OH is 1. The van der Waals surface area contributed by atoms with Gasteiger partial charge in [0.25, 0.3) is 5.91 Å². The Hall–Kier alpha value is -2.78. The van der Waals surface area contributed by atoms with Gasteiger partial charge in [0, 0.05) is 25.0 Å². The fourth-order valence-corrected chi connectivity index (χ4v) is 5.33. The molecule has 0 aliphatic carbocycles. The zero-order chi connectivity index (χ0) is 21.4. The van der Waals surface area contributed by atoms with E-state index >= 15 is 0 Å². The Morgan fingerprint density at radius 2 is 2.07 bits per heavy atom. The summed E-state index contributed by atoms with van der Waals surface area (Å²) >= 11 is 1.33. The molecule has 1 aromatic heterocycles. The number of likely N-dealkylation sites (N-methyl/N-ethyl adjacent to an activating group) is 1. The minimum absolute atomic E-state index is 0.0345. The Balaban J connectivity index is 1.61. The third kappa shape index (κ3) is 3.70. The van der Waals surface area contributed by atoms with Crippen LogP contribution in [0.5, 0.6) is 0 Å². The molecule has 7 nitrogen and oxygen atoms in total. The van der Waals surface area contributed by atoms with Gasteiger partial charge < -0.3 is 14.9 Å². The average Bonchev–Trinajstić information content (AvgIpc) is 3.05. The molecular weight excluding hydrogens is 409 g/mol. The lowest BCUT2D eigenvalue weighted by atomic mass is 10.0. The van der Waals surface area contributed by atoms with Crippen LogP contribution < -0.4 is 4.90 Å². The number of nitrogens with zero attached hydrogens (tertiary/aromatic N) is 3. The summed E-state index contributed by atoms with van der Waals surface area (Å²) in [7, 11) is 1.59. The number of carbonyl (C=O) groups excluding carboxylic acids is 3. The van der Waals surface area contributed by atoms with Gasteiger partial charge in [-0.25, -0.2) is 4.39 Å². The second-order valence-corrected chi connectivity index (χ2v) is 8.57.